The highest BCUT2D eigenvalue weighted by atomic mass is 16.9. The fraction of sp³-hybridized carbons (Fsp3) is 0.889. The van der Waals surface area contributed by atoms with Gasteiger partial charge in [0, 0.05) is 12.8 Å². The molecule has 5 atom stereocenters. The highest BCUT2D eigenvalue weighted by Crippen LogP contribution is 2.48. The van der Waals surface area contributed by atoms with Crippen LogP contribution in [0, 0.1) is 5.41 Å². The third-order valence-corrected chi connectivity index (χ3v) is 5.96. The Morgan fingerprint density at radius 2 is 1.88 bits per heavy atom. The van der Waals surface area contributed by atoms with E-state index in [1.807, 2.05) is 6.92 Å². The lowest BCUT2D eigenvalue weighted by atomic mass is 9.90. The third kappa shape index (κ3) is 2.76. The second-order valence-electron chi connectivity index (χ2n) is 8.11. The Morgan fingerprint density at radius 1 is 1.16 bits per heavy atom. The van der Waals surface area contributed by atoms with E-state index in [1.54, 1.807) is 13.8 Å². The van der Waals surface area contributed by atoms with Gasteiger partial charge in [0.1, 0.15) is 6.10 Å². The quantitative estimate of drug-likeness (QED) is 0.718. The van der Waals surface area contributed by atoms with Crippen molar-refractivity contribution >= 4 is 11.9 Å². The Labute approximate surface area is 147 Å². The van der Waals surface area contributed by atoms with Crippen molar-refractivity contribution in [1.29, 1.82) is 0 Å². The van der Waals surface area contributed by atoms with Crippen molar-refractivity contribution in [3.8, 4) is 0 Å². The molecule has 140 valence electrons. The maximum absolute atomic E-state index is 12.3. The van der Waals surface area contributed by atoms with Crippen molar-refractivity contribution in [3.05, 3.63) is 0 Å². The van der Waals surface area contributed by atoms with Crippen LogP contribution in [-0.2, 0) is 33.3 Å². The zero-order valence-corrected chi connectivity index (χ0v) is 15.0. The molecular formula is C18H26O7. The summed E-state index contributed by atoms with van der Waals surface area (Å²) in [5.74, 6) is -1.60. The summed E-state index contributed by atoms with van der Waals surface area (Å²) in [4.78, 5) is 24.5. The minimum absolute atomic E-state index is 0.427. The van der Waals surface area contributed by atoms with Gasteiger partial charge in [-0.2, -0.15) is 0 Å². The van der Waals surface area contributed by atoms with Crippen LogP contribution in [-0.4, -0.2) is 48.4 Å². The van der Waals surface area contributed by atoms with Gasteiger partial charge < -0.3 is 23.7 Å². The average Bonchev–Trinajstić information content (AvgIpc) is 3.17. The summed E-state index contributed by atoms with van der Waals surface area (Å²) in [6, 6.07) is 0. The summed E-state index contributed by atoms with van der Waals surface area (Å²) >= 11 is 0. The molecule has 0 N–H and O–H groups in total. The fourth-order valence-electron chi connectivity index (χ4n) is 3.93. The van der Waals surface area contributed by atoms with Gasteiger partial charge in [0.25, 0.3) is 0 Å². The SMILES string of the molecule is CCC(C)(C)C(=O)O[C@@H]1C(=O)O[C@H]2C1O[C@H]1OC3(CCCCC3)O[C@H]12. The molecular weight excluding hydrogens is 328 g/mol. The van der Waals surface area contributed by atoms with E-state index in [-0.39, 0.29) is 0 Å². The molecule has 3 aliphatic heterocycles. The third-order valence-electron chi connectivity index (χ3n) is 5.96. The predicted molar refractivity (Wildman–Crippen MR) is 84.3 cm³/mol. The van der Waals surface area contributed by atoms with E-state index in [0.29, 0.717) is 6.42 Å². The normalized spacial score (nSPS) is 39.2. The Bertz CT molecular complexity index is 566. The summed E-state index contributed by atoms with van der Waals surface area (Å²) in [6.45, 7) is 5.48. The lowest BCUT2D eigenvalue weighted by Gasteiger charge is -2.33. The topological polar surface area (TPSA) is 80.3 Å². The molecule has 7 nitrogen and oxygen atoms in total. The van der Waals surface area contributed by atoms with Gasteiger partial charge in [0.05, 0.1) is 5.41 Å². The second-order valence-corrected chi connectivity index (χ2v) is 8.11. The summed E-state index contributed by atoms with van der Waals surface area (Å²) in [5.41, 5.74) is -0.661. The van der Waals surface area contributed by atoms with E-state index in [9.17, 15) is 9.59 Å². The molecule has 0 amide bonds. The summed E-state index contributed by atoms with van der Waals surface area (Å²) in [7, 11) is 0. The van der Waals surface area contributed by atoms with E-state index in [2.05, 4.69) is 0 Å². The van der Waals surface area contributed by atoms with Crippen LogP contribution >= 0.6 is 0 Å². The zero-order chi connectivity index (χ0) is 17.8. The zero-order valence-electron chi connectivity index (χ0n) is 15.0. The van der Waals surface area contributed by atoms with E-state index < -0.39 is 53.8 Å². The van der Waals surface area contributed by atoms with Crippen LogP contribution in [0.25, 0.3) is 0 Å². The van der Waals surface area contributed by atoms with Crippen LogP contribution in [0.4, 0.5) is 0 Å². The molecule has 4 rings (SSSR count). The maximum atomic E-state index is 12.3. The van der Waals surface area contributed by atoms with Crippen LogP contribution in [0.3, 0.4) is 0 Å². The number of fused-ring (bicyclic) bond motifs is 3. The summed E-state index contributed by atoms with van der Waals surface area (Å²) in [6.07, 6.45) is 2.25. The van der Waals surface area contributed by atoms with E-state index >= 15 is 0 Å². The first-order valence-electron chi connectivity index (χ1n) is 9.28. The van der Waals surface area contributed by atoms with Crippen molar-refractivity contribution in [1.82, 2.24) is 0 Å². The van der Waals surface area contributed by atoms with Crippen molar-refractivity contribution < 1.29 is 33.3 Å². The van der Waals surface area contributed by atoms with Gasteiger partial charge in [0.2, 0.25) is 6.10 Å². The Hall–Kier alpha value is -1.18. The Morgan fingerprint density at radius 3 is 2.56 bits per heavy atom. The molecule has 3 saturated heterocycles. The van der Waals surface area contributed by atoms with Crippen LogP contribution in [0.15, 0.2) is 0 Å². The number of carbonyl (C=O) groups is 2. The molecule has 7 heteroatoms. The monoisotopic (exact) mass is 354 g/mol. The van der Waals surface area contributed by atoms with Crippen molar-refractivity contribution in [2.45, 2.75) is 95.8 Å². The van der Waals surface area contributed by atoms with E-state index in [1.165, 1.54) is 6.42 Å². The van der Waals surface area contributed by atoms with Gasteiger partial charge >= 0.3 is 11.9 Å². The van der Waals surface area contributed by atoms with Gasteiger partial charge in [-0.05, 0) is 33.1 Å². The van der Waals surface area contributed by atoms with Crippen molar-refractivity contribution in [3.63, 3.8) is 0 Å². The van der Waals surface area contributed by atoms with Crippen LogP contribution < -0.4 is 0 Å². The smallest absolute Gasteiger partial charge is 0.350 e. The molecule has 25 heavy (non-hydrogen) atoms. The molecule has 1 aliphatic carbocycles. The molecule has 0 radical (unpaired) electrons. The van der Waals surface area contributed by atoms with Gasteiger partial charge in [-0.25, -0.2) is 4.79 Å². The molecule has 4 fully saturated rings. The molecule has 0 aromatic carbocycles. The molecule has 1 spiro atoms. The number of carbonyl (C=O) groups excluding carboxylic acids is 2. The first-order valence-corrected chi connectivity index (χ1v) is 9.28. The van der Waals surface area contributed by atoms with Gasteiger partial charge in [-0.15, -0.1) is 0 Å². The van der Waals surface area contributed by atoms with Crippen LogP contribution in [0.5, 0.6) is 0 Å². The highest BCUT2D eigenvalue weighted by Gasteiger charge is 2.65. The van der Waals surface area contributed by atoms with E-state index in [0.717, 1.165) is 25.7 Å². The number of hydrogen-bond donors (Lipinski definition) is 0. The van der Waals surface area contributed by atoms with Gasteiger partial charge in [-0.3, -0.25) is 4.79 Å². The second kappa shape index (κ2) is 5.93. The molecule has 1 unspecified atom stereocenters. The Balaban J connectivity index is 1.45. The number of esters is 2. The van der Waals surface area contributed by atoms with Crippen molar-refractivity contribution in [2.75, 3.05) is 0 Å². The minimum atomic E-state index is -1.05. The predicted octanol–water partition coefficient (Wildman–Crippen LogP) is 2.06. The number of hydrogen-bond acceptors (Lipinski definition) is 7. The average molecular weight is 354 g/mol. The minimum Gasteiger partial charge on any atom is -0.454 e. The largest absolute Gasteiger partial charge is 0.454 e. The van der Waals surface area contributed by atoms with E-state index in [4.69, 9.17) is 23.7 Å². The summed E-state index contributed by atoms with van der Waals surface area (Å²) < 4.78 is 29.0. The molecule has 0 aromatic rings. The van der Waals surface area contributed by atoms with Crippen LogP contribution in [0.1, 0.15) is 59.3 Å². The molecule has 3 heterocycles. The first-order chi connectivity index (χ1) is 11.9. The molecule has 4 aliphatic rings. The standard InChI is InChI=1S/C18H26O7/c1-4-17(2,3)16(20)23-12-10-11(21-14(12)19)13-15(22-10)25-18(24-13)8-6-5-7-9-18/h10-13,15H,4-9H2,1-3H3/t10?,11-,12-,13-,15-/m0/s1. The molecule has 0 aromatic heterocycles. The van der Waals surface area contributed by atoms with Crippen molar-refractivity contribution in [2.24, 2.45) is 5.41 Å². The fourth-order valence-corrected chi connectivity index (χ4v) is 3.93. The van der Waals surface area contributed by atoms with Gasteiger partial charge in [0.15, 0.2) is 24.3 Å². The first kappa shape index (κ1) is 17.2. The maximum Gasteiger partial charge on any atom is 0.350 e. The van der Waals surface area contributed by atoms with Gasteiger partial charge in [-0.1, -0.05) is 13.3 Å². The lowest BCUT2D eigenvalue weighted by Crippen LogP contribution is -2.41. The molecule has 1 saturated carbocycles. The summed E-state index contributed by atoms with van der Waals surface area (Å²) in [5, 5.41) is 0. The highest BCUT2D eigenvalue weighted by molar-refractivity contribution is 5.84. The lowest BCUT2D eigenvalue weighted by molar-refractivity contribution is -0.246. The van der Waals surface area contributed by atoms with Crippen LogP contribution in [0.2, 0.25) is 0 Å². The number of ether oxygens (including phenoxy) is 5. The molecule has 0 bridgehead atoms. The number of rotatable bonds is 3. The Kier molecular flexibility index (Phi) is 4.09.